The summed E-state index contributed by atoms with van der Waals surface area (Å²) in [5, 5.41) is -0.704. The van der Waals surface area contributed by atoms with E-state index in [9.17, 15) is 27.6 Å². The van der Waals surface area contributed by atoms with Gasteiger partial charge < -0.3 is 11.1 Å². The first-order valence-corrected chi connectivity index (χ1v) is 10.1. The minimum absolute atomic E-state index is 0.0731. The monoisotopic (exact) mass is 415 g/mol. The minimum Gasteiger partial charge on any atom is -0.369 e. The number of carbonyl (C=O) groups is 4. The number of amides is 2. The Morgan fingerprint density at radius 3 is 2.86 bits per heavy atom. The molecular weight excluding hydrogens is 388 g/mol. The van der Waals surface area contributed by atoms with Gasteiger partial charge in [-0.15, -0.1) is 0 Å². The molecule has 28 heavy (non-hydrogen) atoms. The summed E-state index contributed by atoms with van der Waals surface area (Å²) in [6.45, 7) is -0.160. The normalized spacial score (nSPS) is 33.3. The number of hydrogen-bond donors (Lipinski definition) is 2. The second kappa shape index (κ2) is 9.20. The number of nitrogens with one attached hydrogen (secondary N) is 1. The molecule has 0 aromatic carbocycles. The molecule has 154 valence electrons. The summed E-state index contributed by atoms with van der Waals surface area (Å²) < 4.78 is 51.4. The smallest absolute Gasteiger partial charge is 0.268 e. The fraction of sp³-hybridized carbons (Fsp3) is 0.588. The molecule has 0 aromatic heterocycles. The van der Waals surface area contributed by atoms with Crippen LogP contribution in [0.5, 0.6) is 0 Å². The molecule has 0 aromatic rings. The zero-order valence-electron chi connectivity index (χ0n) is 18.3. The van der Waals surface area contributed by atoms with E-state index in [1.54, 1.807) is 0 Å². The van der Waals surface area contributed by atoms with Gasteiger partial charge in [0.05, 0.1) is 10.6 Å². The molecule has 2 amide bonds. The molecule has 1 saturated heterocycles. The van der Waals surface area contributed by atoms with Crippen LogP contribution in [0.3, 0.4) is 0 Å². The molecule has 0 radical (unpaired) electrons. The van der Waals surface area contributed by atoms with Crippen LogP contribution in [0.15, 0.2) is 17.1 Å². The molecule has 2 rings (SSSR count). The molecule has 3 N–H and O–H groups in total. The highest BCUT2D eigenvalue weighted by Crippen LogP contribution is 2.23. The van der Waals surface area contributed by atoms with Gasteiger partial charge in [0.15, 0.2) is 11.6 Å². The first-order valence-electron chi connectivity index (χ1n) is 10.2. The predicted octanol–water partition coefficient (Wildman–Crippen LogP) is -1.10. The van der Waals surface area contributed by atoms with E-state index in [1.807, 2.05) is 0 Å². The predicted molar refractivity (Wildman–Crippen MR) is 101 cm³/mol. The van der Waals surface area contributed by atoms with E-state index in [-0.39, 0.29) is 23.7 Å². The van der Waals surface area contributed by atoms with Crippen molar-refractivity contribution in [1.82, 2.24) is 9.62 Å². The summed E-state index contributed by atoms with van der Waals surface area (Å²) in [6.07, 6.45) is 1.63. The van der Waals surface area contributed by atoms with Crippen LogP contribution in [-0.2, 0) is 29.2 Å². The van der Waals surface area contributed by atoms with Crippen molar-refractivity contribution in [3.8, 4) is 0 Å². The average Bonchev–Trinajstić information content (AvgIpc) is 2.82. The maximum atomic E-state index is 13.4. The van der Waals surface area contributed by atoms with Crippen LogP contribution in [0, 0.1) is 5.92 Å². The molecule has 10 nitrogen and oxygen atoms in total. The summed E-state index contributed by atoms with van der Waals surface area (Å²) in [5.74, 6) is -5.32. The maximum Gasteiger partial charge on any atom is 0.268 e. The van der Waals surface area contributed by atoms with Crippen molar-refractivity contribution in [2.75, 3.05) is 13.1 Å². The van der Waals surface area contributed by atoms with Crippen LogP contribution in [0.25, 0.3) is 0 Å². The summed E-state index contributed by atoms with van der Waals surface area (Å²) in [7, 11) is -5.35. The third-order valence-corrected chi connectivity index (χ3v) is 5.92. The lowest BCUT2D eigenvalue weighted by molar-refractivity contribution is -0.134. The van der Waals surface area contributed by atoms with Crippen molar-refractivity contribution < 1.29 is 31.7 Å². The highest BCUT2D eigenvalue weighted by Gasteiger charge is 2.45. The Balaban J connectivity index is 2.60. The van der Waals surface area contributed by atoms with Crippen LogP contribution in [0.2, 0.25) is 0 Å². The third kappa shape index (κ3) is 4.90. The van der Waals surface area contributed by atoms with Crippen molar-refractivity contribution >= 4 is 39.6 Å². The Morgan fingerprint density at radius 2 is 2.21 bits per heavy atom. The molecule has 1 fully saturated rings. The summed E-state index contributed by atoms with van der Waals surface area (Å²) in [4.78, 5) is 52.8. The van der Waals surface area contributed by atoms with Crippen LogP contribution >= 0.6 is 0 Å². The van der Waals surface area contributed by atoms with Crippen LogP contribution < -0.4 is 11.1 Å². The number of rotatable bonds is 7. The molecule has 4 atom stereocenters. The largest absolute Gasteiger partial charge is 0.369 e. The number of hydrogen-bond acceptors (Lipinski definition) is 8. The van der Waals surface area contributed by atoms with Crippen LogP contribution in [0.4, 0.5) is 0 Å². The molecule has 0 saturated carbocycles. The zero-order valence-corrected chi connectivity index (χ0v) is 16.1. The van der Waals surface area contributed by atoms with Gasteiger partial charge in [-0.05, 0) is 38.0 Å². The maximum absolute atomic E-state index is 13.4. The molecule has 11 heteroatoms. The van der Waals surface area contributed by atoms with E-state index in [0.29, 0.717) is 0 Å². The van der Waals surface area contributed by atoms with E-state index in [1.165, 1.54) is 6.92 Å². The standard InChI is InChI=1S/C17H24N4O6S/c1-11(16(18)25)6-7-15(24)21(12-4-2-8-19-10-14(12)23)28(26,27)17-13(22)5-3-9-20-17/h3,5,9,11-12,17,19H,2,4,6-8,10H2,1H3,(H2,18,25)/t11?,12?,17-/m0/s1/i10D,12D,17D/t10?,11?,12?,17-. The lowest BCUT2D eigenvalue weighted by Gasteiger charge is -2.31. The number of dihydropyridines is 1. The average molecular weight is 415 g/mol. The lowest BCUT2D eigenvalue weighted by atomic mass is 10.0. The quantitative estimate of drug-likeness (QED) is 0.534. The van der Waals surface area contributed by atoms with Crippen molar-refractivity contribution in [3.63, 3.8) is 0 Å². The highest BCUT2D eigenvalue weighted by molar-refractivity contribution is 7.91. The Kier molecular flexibility index (Phi) is 5.81. The molecule has 2 aliphatic heterocycles. The molecule has 2 aliphatic rings. The molecule has 0 bridgehead atoms. The number of Topliss-reactive ketones (excluding diaryl/α,β-unsaturated/α-hetero) is 1. The van der Waals surface area contributed by atoms with Crippen LogP contribution in [0.1, 0.15) is 36.7 Å². The van der Waals surface area contributed by atoms with E-state index in [0.717, 1.165) is 18.4 Å². The third-order valence-electron chi connectivity index (χ3n) is 4.22. The van der Waals surface area contributed by atoms with Crippen molar-refractivity contribution in [2.45, 2.75) is 44.0 Å². The Bertz CT molecular complexity index is 956. The summed E-state index contributed by atoms with van der Waals surface area (Å²) in [5.41, 5.74) is 5.16. The summed E-state index contributed by atoms with van der Waals surface area (Å²) >= 11 is 0. The first-order chi connectivity index (χ1) is 14.3. The van der Waals surface area contributed by atoms with E-state index in [2.05, 4.69) is 10.3 Å². The van der Waals surface area contributed by atoms with Crippen molar-refractivity contribution in [2.24, 2.45) is 16.6 Å². The number of aliphatic imine (C=N–C) groups is 1. The number of ketones is 2. The molecule has 3 unspecified atom stereocenters. The lowest BCUT2D eigenvalue weighted by Crippen LogP contribution is -2.53. The molecular formula is C17H24N4O6S. The number of nitrogens with zero attached hydrogens (tertiary/aromatic N) is 2. The Morgan fingerprint density at radius 1 is 1.50 bits per heavy atom. The highest BCUT2D eigenvalue weighted by atomic mass is 32.2. The fourth-order valence-electron chi connectivity index (χ4n) is 2.60. The van der Waals surface area contributed by atoms with Crippen molar-refractivity contribution in [3.05, 3.63) is 12.2 Å². The second-order valence-electron chi connectivity index (χ2n) is 6.32. The number of allylic oxidation sites excluding steroid dienone is 1. The van der Waals surface area contributed by atoms with Crippen LogP contribution in [-0.4, -0.2) is 66.8 Å². The molecule has 0 spiro atoms. The SMILES string of the molecule is [2H]C1NCCCC([2H])(N(C(=O)CCC(C)C(N)=O)S(=O)(=O)[C@]2([2H])N=CC=CC2=O)C1=O. The fourth-order valence-corrected chi connectivity index (χ4v) is 4.12. The number of carbonyl (C=O) groups excluding carboxylic acids is 4. The Hall–Kier alpha value is -2.40. The van der Waals surface area contributed by atoms with Gasteiger partial charge in [0.2, 0.25) is 17.2 Å². The minimum atomic E-state index is -5.35. The van der Waals surface area contributed by atoms with E-state index < -0.39 is 70.1 Å². The summed E-state index contributed by atoms with van der Waals surface area (Å²) in [6, 6.07) is -2.77. The van der Waals surface area contributed by atoms with Gasteiger partial charge >= 0.3 is 0 Å². The van der Waals surface area contributed by atoms with Gasteiger partial charge in [-0.1, -0.05) is 6.92 Å². The molecule has 0 aliphatic carbocycles. The molecule has 2 heterocycles. The number of nitrogens with two attached hydrogens (primary N) is 1. The van der Waals surface area contributed by atoms with E-state index >= 15 is 0 Å². The van der Waals surface area contributed by atoms with E-state index in [4.69, 9.17) is 9.85 Å². The second-order valence-corrected chi connectivity index (χ2v) is 8.03. The van der Waals surface area contributed by atoms with Gasteiger partial charge in [0.1, 0.15) is 6.02 Å². The van der Waals surface area contributed by atoms with Crippen molar-refractivity contribution in [1.29, 1.82) is 0 Å². The number of sulfonamides is 1. The first kappa shape index (κ1) is 17.7. The van der Waals surface area contributed by atoms with Gasteiger partial charge in [-0.25, -0.2) is 12.7 Å². The van der Waals surface area contributed by atoms with Gasteiger partial charge in [-0.2, -0.15) is 0 Å². The van der Waals surface area contributed by atoms with Gasteiger partial charge in [0.25, 0.3) is 10.0 Å². The number of primary amides is 1. The topological polar surface area (TPSA) is 156 Å². The van der Waals surface area contributed by atoms with Gasteiger partial charge in [-0.3, -0.25) is 24.2 Å². The van der Waals surface area contributed by atoms with Gasteiger partial charge in [0, 0.05) is 18.6 Å². The Labute approximate surface area is 167 Å². The zero-order chi connectivity index (χ0) is 23.6.